The summed E-state index contributed by atoms with van der Waals surface area (Å²) in [4.78, 5) is 4.60. The summed E-state index contributed by atoms with van der Waals surface area (Å²) in [5.41, 5.74) is 2.24. The van der Waals surface area contributed by atoms with Gasteiger partial charge in [-0.2, -0.15) is 0 Å². The van der Waals surface area contributed by atoms with Crippen LogP contribution in [0, 0.1) is 11.8 Å². The van der Waals surface area contributed by atoms with E-state index >= 15 is 0 Å². The van der Waals surface area contributed by atoms with Gasteiger partial charge in [0.15, 0.2) is 0 Å². The van der Waals surface area contributed by atoms with Crippen molar-refractivity contribution in [1.29, 1.82) is 0 Å². The average Bonchev–Trinajstić information content (AvgIpc) is 2.76. The van der Waals surface area contributed by atoms with Crippen molar-refractivity contribution in [2.75, 3.05) is 53.5 Å². The highest BCUT2D eigenvalue weighted by Gasteiger charge is 2.13. The van der Waals surface area contributed by atoms with Crippen molar-refractivity contribution in [1.82, 2.24) is 9.80 Å². The smallest absolute Gasteiger partial charge is 0.125 e. The Balaban J connectivity index is 1.54. The van der Waals surface area contributed by atoms with Crippen molar-refractivity contribution in [2.24, 2.45) is 0 Å². The molecule has 0 bridgehead atoms. The van der Waals surface area contributed by atoms with E-state index in [4.69, 9.17) is 9.47 Å². The molecule has 1 aliphatic rings. The van der Waals surface area contributed by atoms with Crippen LogP contribution in [0.1, 0.15) is 30.1 Å². The monoisotopic (exact) mass is 392 g/mol. The molecule has 2 aromatic carbocycles. The summed E-state index contributed by atoms with van der Waals surface area (Å²) in [7, 11) is 4.18. The Bertz CT molecular complexity index is 772. The normalized spacial score (nSPS) is 15.6. The van der Waals surface area contributed by atoms with E-state index in [1.165, 1.54) is 5.56 Å². The second kappa shape index (κ2) is 11.6. The van der Waals surface area contributed by atoms with Crippen LogP contribution < -0.4 is 4.74 Å². The molecule has 0 aliphatic carbocycles. The standard InChI is InChI=1S/C25H32N2O2/c1-26(2)17-15-25(23-9-4-3-5-10-23)29-24-13-11-22(12-14-24)8-6-7-16-27-18-20-28-21-19-27/h3-5,9-14,25H,7,15-21H2,1-2H3. The highest BCUT2D eigenvalue weighted by Crippen LogP contribution is 2.25. The number of hydrogen-bond acceptors (Lipinski definition) is 4. The van der Waals surface area contributed by atoms with E-state index in [0.29, 0.717) is 0 Å². The fourth-order valence-corrected chi connectivity index (χ4v) is 3.32. The summed E-state index contributed by atoms with van der Waals surface area (Å²) in [6.07, 6.45) is 1.88. The summed E-state index contributed by atoms with van der Waals surface area (Å²) < 4.78 is 11.7. The highest BCUT2D eigenvalue weighted by atomic mass is 16.5. The topological polar surface area (TPSA) is 24.9 Å². The summed E-state index contributed by atoms with van der Waals surface area (Å²) in [5, 5.41) is 0. The van der Waals surface area contributed by atoms with Crippen molar-refractivity contribution >= 4 is 0 Å². The Labute approximate surface area is 175 Å². The van der Waals surface area contributed by atoms with Crippen LogP contribution >= 0.6 is 0 Å². The molecule has 4 nitrogen and oxygen atoms in total. The predicted molar refractivity (Wildman–Crippen MR) is 118 cm³/mol. The van der Waals surface area contributed by atoms with Crippen LogP contribution in [0.5, 0.6) is 5.75 Å². The van der Waals surface area contributed by atoms with E-state index in [0.717, 1.165) is 63.5 Å². The molecule has 29 heavy (non-hydrogen) atoms. The molecule has 1 fully saturated rings. The summed E-state index contributed by atoms with van der Waals surface area (Å²) in [5.74, 6) is 7.44. The SMILES string of the molecule is CN(C)CCC(Oc1ccc(C#CCCN2CCOCC2)cc1)c1ccccc1. The highest BCUT2D eigenvalue weighted by molar-refractivity contribution is 5.38. The van der Waals surface area contributed by atoms with Gasteiger partial charge in [-0.15, -0.1) is 0 Å². The van der Waals surface area contributed by atoms with Crippen molar-refractivity contribution < 1.29 is 9.47 Å². The molecule has 4 heteroatoms. The van der Waals surface area contributed by atoms with Crippen LogP contribution in [0.4, 0.5) is 0 Å². The van der Waals surface area contributed by atoms with E-state index in [2.05, 4.69) is 60.0 Å². The molecule has 3 rings (SSSR count). The van der Waals surface area contributed by atoms with Crippen molar-refractivity contribution in [2.45, 2.75) is 18.9 Å². The van der Waals surface area contributed by atoms with Crippen molar-refractivity contribution in [3.05, 3.63) is 65.7 Å². The van der Waals surface area contributed by atoms with Gasteiger partial charge in [-0.1, -0.05) is 42.2 Å². The molecule has 154 valence electrons. The zero-order chi connectivity index (χ0) is 20.3. The van der Waals surface area contributed by atoms with Gasteiger partial charge in [0.05, 0.1) is 13.2 Å². The Hall–Kier alpha value is -2.32. The maximum Gasteiger partial charge on any atom is 0.125 e. The molecular weight excluding hydrogens is 360 g/mol. The molecule has 1 atom stereocenters. The summed E-state index contributed by atoms with van der Waals surface area (Å²) in [6.45, 7) is 5.71. The van der Waals surface area contributed by atoms with Crippen molar-refractivity contribution in [3.63, 3.8) is 0 Å². The number of rotatable bonds is 8. The average molecular weight is 393 g/mol. The molecule has 0 N–H and O–H groups in total. The maximum atomic E-state index is 6.32. The molecular formula is C25H32N2O2. The Morgan fingerprint density at radius 2 is 1.76 bits per heavy atom. The van der Waals surface area contributed by atoms with E-state index in [9.17, 15) is 0 Å². The van der Waals surface area contributed by atoms with Crippen LogP contribution in [0.15, 0.2) is 54.6 Å². The van der Waals surface area contributed by atoms with Crippen LogP contribution in [-0.4, -0.2) is 63.3 Å². The van der Waals surface area contributed by atoms with Crippen LogP contribution in [0.25, 0.3) is 0 Å². The molecule has 0 aromatic heterocycles. The fraction of sp³-hybridized carbons (Fsp3) is 0.440. The van der Waals surface area contributed by atoms with Gasteiger partial charge >= 0.3 is 0 Å². The second-order valence-corrected chi connectivity index (χ2v) is 7.64. The third kappa shape index (κ3) is 7.55. The zero-order valence-electron chi connectivity index (χ0n) is 17.6. The van der Waals surface area contributed by atoms with Crippen LogP contribution in [0.3, 0.4) is 0 Å². The van der Waals surface area contributed by atoms with Gasteiger partial charge in [0.1, 0.15) is 11.9 Å². The minimum Gasteiger partial charge on any atom is -0.486 e. The van der Waals surface area contributed by atoms with Crippen molar-refractivity contribution in [3.8, 4) is 17.6 Å². The molecule has 0 spiro atoms. The minimum atomic E-state index is 0.0454. The quantitative estimate of drug-likeness (QED) is 0.638. The van der Waals surface area contributed by atoms with E-state index < -0.39 is 0 Å². The van der Waals surface area contributed by atoms with Gasteiger partial charge in [0, 0.05) is 44.6 Å². The number of hydrogen-bond donors (Lipinski definition) is 0. The molecule has 0 saturated carbocycles. The van der Waals surface area contributed by atoms with Gasteiger partial charge < -0.3 is 14.4 Å². The lowest BCUT2D eigenvalue weighted by atomic mass is 10.1. The van der Waals surface area contributed by atoms with Gasteiger partial charge in [-0.3, -0.25) is 4.90 Å². The Morgan fingerprint density at radius 3 is 2.45 bits per heavy atom. The first-order valence-electron chi connectivity index (χ1n) is 10.5. The molecule has 1 unspecified atom stereocenters. The lowest BCUT2D eigenvalue weighted by molar-refractivity contribution is 0.0390. The number of morpholine rings is 1. The van der Waals surface area contributed by atoms with E-state index in [1.807, 2.05) is 30.3 Å². The first-order chi connectivity index (χ1) is 14.2. The molecule has 2 aromatic rings. The third-order valence-electron chi connectivity index (χ3n) is 5.03. The Kier molecular flexibility index (Phi) is 8.58. The second-order valence-electron chi connectivity index (χ2n) is 7.64. The minimum absolute atomic E-state index is 0.0454. The molecule has 0 amide bonds. The third-order valence-corrected chi connectivity index (χ3v) is 5.03. The maximum absolute atomic E-state index is 6.32. The fourth-order valence-electron chi connectivity index (χ4n) is 3.32. The molecule has 1 heterocycles. The van der Waals surface area contributed by atoms with Crippen LogP contribution in [-0.2, 0) is 4.74 Å². The summed E-state index contributed by atoms with van der Waals surface area (Å²) in [6, 6.07) is 18.6. The largest absolute Gasteiger partial charge is 0.486 e. The predicted octanol–water partition coefficient (Wildman–Crippen LogP) is 3.83. The van der Waals surface area contributed by atoms with E-state index in [1.54, 1.807) is 0 Å². The molecule has 1 aliphatic heterocycles. The van der Waals surface area contributed by atoms with Gasteiger partial charge in [0.25, 0.3) is 0 Å². The number of benzene rings is 2. The lowest BCUT2D eigenvalue weighted by Gasteiger charge is -2.25. The zero-order valence-corrected chi connectivity index (χ0v) is 17.6. The Morgan fingerprint density at radius 1 is 1.03 bits per heavy atom. The van der Waals surface area contributed by atoms with Gasteiger partial charge in [0.2, 0.25) is 0 Å². The van der Waals surface area contributed by atoms with Gasteiger partial charge in [-0.05, 0) is 43.9 Å². The molecule has 0 radical (unpaired) electrons. The van der Waals surface area contributed by atoms with Crippen LogP contribution in [0.2, 0.25) is 0 Å². The lowest BCUT2D eigenvalue weighted by Crippen LogP contribution is -2.36. The first-order valence-corrected chi connectivity index (χ1v) is 10.5. The molecule has 1 saturated heterocycles. The van der Waals surface area contributed by atoms with E-state index in [-0.39, 0.29) is 6.10 Å². The number of ether oxygens (including phenoxy) is 2. The summed E-state index contributed by atoms with van der Waals surface area (Å²) >= 11 is 0. The number of nitrogens with zero attached hydrogens (tertiary/aromatic N) is 2. The first kappa shape index (κ1) is 21.4. The van der Waals surface area contributed by atoms with Gasteiger partial charge in [-0.25, -0.2) is 0 Å².